The van der Waals surface area contributed by atoms with E-state index in [4.69, 9.17) is 0 Å². The van der Waals surface area contributed by atoms with Crippen LogP contribution in [0.25, 0.3) is 43.1 Å². The summed E-state index contributed by atoms with van der Waals surface area (Å²) in [4.78, 5) is 0. The highest BCUT2D eigenvalue weighted by Crippen LogP contribution is 2.42. The first-order chi connectivity index (χ1) is 11.3. The second kappa shape index (κ2) is 4.43. The first-order valence-electron chi connectivity index (χ1n) is 8.02. The zero-order valence-corrected chi connectivity index (χ0v) is 12.9. The fourth-order valence-electron chi connectivity index (χ4n) is 4.08. The van der Waals surface area contributed by atoms with Gasteiger partial charge in [-0.3, -0.25) is 0 Å². The van der Waals surface area contributed by atoms with E-state index in [1.54, 1.807) is 0 Å². The van der Waals surface area contributed by atoms with Crippen LogP contribution >= 0.6 is 0 Å². The Bertz CT molecular complexity index is 1170. The lowest BCUT2D eigenvalue weighted by molar-refractivity contribution is 0.202. The summed E-state index contributed by atoms with van der Waals surface area (Å²) in [6.45, 7) is 1.86. The highest BCUT2D eigenvalue weighted by atomic mass is 16.3. The van der Waals surface area contributed by atoms with Crippen LogP contribution in [-0.2, 0) is 0 Å². The van der Waals surface area contributed by atoms with E-state index in [0.717, 1.165) is 16.3 Å². The molecule has 0 radical (unpaired) electrons. The van der Waals surface area contributed by atoms with Gasteiger partial charge in [0, 0.05) is 0 Å². The Labute approximate surface area is 134 Å². The molecular weight excluding hydrogens is 280 g/mol. The number of fused-ring (bicyclic) bond motifs is 2. The number of benzene rings is 5. The quantitative estimate of drug-likeness (QED) is 0.306. The van der Waals surface area contributed by atoms with E-state index < -0.39 is 6.10 Å². The minimum absolute atomic E-state index is 0.496. The maximum Gasteiger partial charge on any atom is 0.0773 e. The second-order valence-electron chi connectivity index (χ2n) is 6.32. The normalized spacial score (nSPS) is 13.5. The predicted octanol–water partition coefficient (Wildman–Crippen LogP) is 5.79. The van der Waals surface area contributed by atoms with Gasteiger partial charge in [0.1, 0.15) is 0 Å². The topological polar surface area (TPSA) is 20.2 Å². The van der Waals surface area contributed by atoms with Crippen LogP contribution in [0.5, 0.6) is 0 Å². The highest BCUT2D eigenvalue weighted by molar-refractivity contribution is 6.30. The Morgan fingerprint density at radius 1 is 0.609 bits per heavy atom. The molecule has 0 saturated carbocycles. The van der Waals surface area contributed by atoms with E-state index >= 15 is 0 Å². The molecule has 1 nitrogen and oxygen atoms in total. The average Bonchev–Trinajstić information content (AvgIpc) is 2.58. The van der Waals surface area contributed by atoms with Crippen molar-refractivity contribution in [3.05, 3.63) is 72.3 Å². The zero-order chi connectivity index (χ0) is 15.6. The molecule has 1 N–H and O–H groups in total. The van der Waals surface area contributed by atoms with E-state index in [2.05, 4.69) is 60.7 Å². The van der Waals surface area contributed by atoms with E-state index in [0.29, 0.717) is 0 Å². The molecule has 1 atom stereocenters. The van der Waals surface area contributed by atoms with Crippen LogP contribution < -0.4 is 0 Å². The molecule has 0 aliphatic carbocycles. The van der Waals surface area contributed by atoms with Gasteiger partial charge < -0.3 is 5.11 Å². The third-order valence-corrected chi connectivity index (χ3v) is 4.99. The summed E-state index contributed by atoms with van der Waals surface area (Å²) in [5.41, 5.74) is 1.03. The molecule has 0 saturated heterocycles. The summed E-state index contributed by atoms with van der Waals surface area (Å²) < 4.78 is 0. The predicted molar refractivity (Wildman–Crippen MR) is 98.3 cm³/mol. The van der Waals surface area contributed by atoms with Crippen molar-refractivity contribution in [2.24, 2.45) is 0 Å². The number of hydrogen-bond donors (Lipinski definition) is 1. The fraction of sp³-hybridized carbons (Fsp3) is 0.0909. The van der Waals surface area contributed by atoms with Gasteiger partial charge in [-0.15, -0.1) is 0 Å². The molecule has 0 fully saturated rings. The van der Waals surface area contributed by atoms with Crippen molar-refractivity contribution in [1.29, 1.82) is 0 Å². The molecule has 5 aromatic carbocycles. The first kappa shape index (κ1) is 12.9. The first-order valence-corrected chi connectivity index (χ1v) is 8.02. The van der Waals surface area contributed by atoms with Crippen LogP contribution in [0, 0.1) is 0 Å². The molecule has 0 aliphatic heterocycles. The van der Waals surface area contributed by atoms with Gasteiger partial charge in [-0.05, 0) is 55.6 Å². The molecule has 0 aliphatic rings. The van der Waals surface area contributed by atoms with Crippen molar-refractivity contribution in [2.45, 2.75) is 13.0 Å². The lowest BCUT2D eigenvalue weighted by Crippen LogP contribution is -1.97. The molecule has 0 amide bonds. The Morgan fingerprint density at radius 2 is 1.26 bits per heavy atom. The van der Waals surface area contributed by atoms with Crippen molar-refractivity contribution in [1.82, 2.24) is 0 Å². The number of aliphatic hydroxyl groups excluding tert-OH is 1. The highest BCUT2D eigenvalue weighted by Gasteiger charge is 2.17. The zero-order valence-electron chi connectivity index (χ0n) is 12.9. The SMILES string of the molecule is C[C@@H](O)c1c2ccccc2c2ccc3cccc4ccc1c2c43. The molecule has 0 bridgehead atoms. The summed E-state index contributed by atoms with van der Waals surface area (Å²) in [7, 11) is 0. The molecule has 5 rings (SSSR count). The van der Waals surface area contributed by atoms with Crippen LogP contribution in [0.2, 0.25) is 0 Å². The maximum atomic E-state index is 10.5. The monoisotopic (exact) mass is 296 g/mol. The van der Waals surface area contributed by atoms with Crippen LogP contribution in [0.1, 0.15) is 18.6 Å². The van der Waals surface area contributed by atoms with Gasteiger partial charge in [-0.25, -0.2) is 0 Å². The van der Waals surface area contributed by atoms with Gasteiger partial charge >= 0.3 is 0 Å². The van der Waals surface area contributed by atoms with E-state index in [1.807, 2.05) is 13.0 Å². The number of hydrogen-bond acceptors (Lipinski definition) is 1. The number of aliphatic hydroxyl groups is 1. The standard InChI is InChI=1S/C22H16O/c1-13(23)20-17-8-3-2-7-16(17)18-11-9-14-5-4-6-15-10-12-19(20)22(18)21(14)15/h2-13,23H,1H3/t13-/m1/s1. The van der Waals surface area contributed by atoms with E-state index in [9.17, 15) is 5.11 Å². The van der Waals surface area contributed by atoms with Gasteiger partial charge in [-0.2, -0.15) is 0 Å². The van der Waals surface area contributed by atoms with Crippen LogP contribution in [-0.4, -0.2) is 5.11 Å². The lowest BCUT2D eigenvalue weighted by Gasteiger charge is -2.19. The van der Waals surface area contributed by atoms with Gasteiger partial charge in [0.05, 0.1) is 6.10 Å². The Balaban J connectivity index is 2.21. The molecular formula is C22H16O. The van der Waals surface area contributed by atoms with Crippen molar-refractivity contribution in [2.75, 3.05) is 0 Å². The third kappa shape index (κ3) is 1.60. The summed E-state index contributed by atoms with van der Waals surface area (Å²) in [5.74, 6) is 0. The average molecular weight is 296 g/mol. The van der Waals surface area contributed by atoms with Gasteiger partial charge in [-0.1, -0.05) is 66.7 Å². The van der Waals surface area contributed by atoms with Crippen molar-refractivity contribution in [3.8, 4) is 0 Å². The second-order valence-corrected chi connectivity index (χ2v) is 6.32. The summed E-state index contributed by atoms with van der Waals surface area (Å²) in [5, 5.41) is 20.3. The fourth-order valence-corrected chi connectivity index (χ4v) is 4.08. The number of rotatable bonds is 1. The van der Waals surface area contributed by atoms with E-state index in [-0.39, 0.29) is 0 Å². The molecule has 0 aromatic heterocycles. The van der Waals surface area contributed by atoms with Crippen molar-refractivity contribution >= 4 is 43.1 Å². The molecule has 23 heavy (non-hydrogen) atoms. The summed E-state index contributed by atoms with van der Waals surface area (Å²) in [6, 6.07) is 23.6. The van der Waals surface area contributed by atoms with Gasteiger partial charge in [0.15, 0.2) is 0 Å². The maximum absolute atomic E-state index is 10.5. The lowest BCUT2D eigenvalue weighted by atomic mass is 9.86. The van der Waals surface area contributed by atoms with E-state index in [1.165, 1.54) is 32.3 Å². The van der Waals surface area contributed by atoms with Crippen LogP contribution in [0.4, 0.5) is 0 Å². The Kier molecular flexibility index (Phi) is 2.48. The third-order valence-electron chi connectivity index (χ3n) is 4.99. The molecule has 110 valence electrons. The molecule has 0 unspecified atom stereocenters. The summed E-state index contributed by atoms with van der Waals surface area (Å²) in [6.07, 6.45) is -0.496. The smallest absolute Gasteiger partial charge is 0.0773 e. The van der Waals surface area contributed by atoms with Crippen LogP contribution in [0.3, 0.4) is 0 Å². The van der Waals surface area contributed by atoms with Crippen LogP contribution in [0.15, 0.2) is 66.7 Å². The molecule has 1 heteroatoms. The van der Waals surface area contributed by atoms with Crippen molar-refractivity contribution < 1.29 is 5.11 Å². The minimum atomic E-state index is -0.496. The molecule has 5 aromatic rings. The Morgan fingerprint density at radius 3 is 1.96 bits per heavy atom. The van der Waals surface area contributed by atoms with Gasteiger partial charge in [0.2, 0.25) is 0 Å². The Hall–Kier alpha value is -2.64. The van der Waals surface area contributed by atoms with Gasteiger partial charge in [0.25, 0.3) is 0 Å². The summed E-state index contributed by atoms with van der Waals surface area (Å²) >= 11 is 0. The molecule has 0 heterocycles. The largest absolute Gasteiger partial charge is 0.389 e. The molecule has 0 spiro atoms. The minimum Gasteiger partial charge on any atom is -0.389 e. The van der Waals surface area contributed by atoms with Crippen molar-refractivity contribution in [3.63, 3.8) is 0 Å².